The SMILES string of the molecule is O=C([O-])CCCCCCCCC=C[N+](=O)[O-].[Ag+]. The summed E-state index contributed by atoms with van der Waals surface area (Å²) in [5, 5.41) is 20.0. The smallest absolute Gasteiger partial charge is 0.550 e. The third-order valence-corrected chi connectivity index (χ3v) is 2.23. The topological polar surface area (TPSA) is 83.3 Å². The Morgan fingerprint density at radius 3 is 2.12 bits per heavy atom. The van der Waals surface area contributed by atoms with E-state index in [9.17, 15) is 20.0 Å². The van der Waals surface area contributed by atoms with E-state index in [0.717, 1.165) is 44.7 Å². The number of carbonyl (C=O) groups excluding carboxylic acids is 1. The van der Waals surface area contributed by atoms with Gasteiger partial charge >= 0.3 is 22.4 Å². The van der Waals surface area contributed by atoms with Crippen molar-refractivity contribution in [1.82, 2.24) is 0 Å². The molecule has 6 heteroatoms. The molecule has 0 aliphatic rings. The van der Waals surface area contributed by atoms with Crippen molar-refractivity contribution in [2.24, 2.45) is 0 Å². The van der Waals surface area contributed by atoms with E-state index < -0.39 is 10.9 Å². The van der Waals surface area contributed by atoms with Crippen LogP contribution in [0.15, 0.2) is 12.3 Å². The maximum atomic E-state index is 10.1. The summed E-state index contributed by atoms with van der Waals surface area (Å²) in [5.74, 6) is -0.982. The van der Waals surface area contributed by atoms with Gasteiger partial charge in [-0.1, -0.05) is 25.7 Å². The second-order valence-corrected chi connectivity index (χ2v) is 3.70. The van der Waals surface area contributed by atoms with Crippen LogP contribution in [0.2, 0.25) is 0 Å². The van der Waals surface area contributed by atoms with Crippen LogP contribution in [0, 0.1) is 10.1 Å². The zero-order chi connectivity index (χ0) is 12.2. The number of unbranched alkanes of at least 4 members (excludes halogenated alkanes) is 6. The van der Waals surface area contributed by atoms with Gasteiger partial charge in [0.15, 0.2) is 0 Å². The van der Waals surface area contributed by atoms with E-state index in [4.69, 9.17) is 0 Å². The molecule has 0 aromatic heterocycles. The van der Waals surface area contributed by atoms with Gasteiger partial charge in [0.25, 0.3) is 0 Å². The van der Waals surface area contributed by atoms with Gasteiger partial charge in [-0.05, 0) is 31.8 Å². The fraction of sp³-hybridized carbons (Fsp3) is 0.727. The summed E-state index contributed by atoms with van der Waals surface area (Å²) in [6, 6.07) is 0. The van der Waals surface area contributed by atoms with Gasteiger partial charge in [-0.3, -0.25) is 10.1 Å². The first-order chi connectivity index (χ1) is 7.63. The van der Waals surface area contributed by atoms with Crippen LogP contribution in [-0.4, -0.2) is 10.9 Å². The zero-order valence-corrected chi connectivity index (χ0v) is 11.2. The molecular weight excluding hydrogens is 318 g/mol. The molecule has 0 heterocycles. The van der Waals surface area contributed by atoms with Crippen LogP contribution >= 0.6 is 0 Å². The molecule has 0 radical (unpaired) electrons. The van der Waals surface area contributed by atoms with E-state index in [-0.39, 0.29) is 28.8 Å². The van der Waals surface area contributed by atoms with Crippen molar-refractivity contribution in [3.63, 3.8) is 0 Å². The Hall–Kier alpha value is -0.650. The molecule has 5 nitrogen and oxygen atoms in total. The van der Waals surface area contributed by atoms with E-state index in [2.05, 4.69) is 0 Å². The number of nitro groups is 1. The molecule has 0 rings (SSSR count). The molecule has 0 spiro atoms. The van der Waals surface area contributed by atoms with E-state index in [1.165, 1.54) is 0 Å². The Balaban J connectivity index is 0. The molecule has 0 aliphatic heterocycles. The first-order valence-electron chi connectivity index (χ1n) is 5.63. The van der Waals surface area contributed by atoms with Crippen molar-refractivity contribution >= 4 is 5.97 Å². The summed E-state index contributed by atoms with van der Waals surface area (Å²) in [5.41, 5.74) is 0. The number of carboxylic acids is 1. The fourth-order valence-corrected chi connectivity index (χ4v) is 1.40. The molecule has 0 N–H and O–H groups in total. The van der Waals surface area contributed by atoms with Gasteiger partial charge in [0.2, 0.25) is 6.20 Å². The Kier molecular flexibility index (Phi) is 14.8. The molecule has 0 atom stereocenters. The summed E-state index contributed by atoms with van der Waals surface area (Å²) < 4.78 is 0. The normalized spacial score (nSPS) is 10.1. The maximum absolute atomic E-state index is 10.1. The number of nitrogens with zero attached hydrogens (tertiary/aromatic N) is 1. The second kappa shape index (κ2) is 13.4. The minimum Gasteiger partial charge on any atom is -0.550 e. The molecule has 0 saturated heterocycles. The summed E-state index contributed by atoms with van der Waals surface area (Å²) in [6.45, 7) is 0. The molecule has 0 unspecified atom stereocenters. The van der Waals surface area contributed by atoms with Crippen molar-refractivity contribution in [2.75, 3.05) is 0 Å². The standard InChI is InChI=1S/C11H19NO4.Ag/c13-11(14)9-7-5-3-1-2-4-6-8-10-12(15)16;/h8,10H,1-7,9H2,(H,13,14);/q;+1/p-1. The van der Waals surface area contributed by atoms with Gasteiger partial charge < -0.3 is 9.90 Å². The molecular formula is C11H18AgNO4. The maximum Gasteiger partial charge on any atom is 1.00 e. The van der Waals surface area contributed by atoms with Crippen LogP contribution in [0.3, 0.4) is 0 Å². The first kappa shape index (κ1) is 18.7. The Morgan fingerprint density at radius 2 is 1.59 bits per heavy atom. The molecule has 0 bridgehead atoms. The van der Waals surface area contributed by atoms with Crippen molar-refractivity contribution in [1.29, 1.82) is 0 Å². The molecule has 0 aliphatic carbocycles. The van der Waals surface area contributed by atoms with Gasteiger partial charge in [-0.15, -0.1) is 0 Å². The van der Waals surface area contributed by atoms with Crippen LogP contribution in [0.4, 0.5) is 0 Å². The van der Waals surface area contributed by atoms with Crippen molar-refractivity contribution in [3.05, 3.63) is 22.4 Å². The van der Waals surface area contributed by atoms with Crippen LogP contribution in [0.25, 0.3) is 0 Å². The Morgan fingerprint density at radius 1 is 1.06 bits per heavy atom. The van der Waals surface area contributed by atoms with Gasteiger partial charge in [0.05, 0.1) is 4.92 Å². The Bertz CT molecular complexity index is 244. The molecule has 0 fully saturated rings. The predicted octanol–water partition coefficient (Wildman–Crippen LogP) is 1.64. The quantitative estimate of drug-likeness (QED) is 0.263. The molecule has 102 valence electrons. The average molecular weight is 336 g/mol. The predicted molar refractivity (Wildman–Crippen MR) is 58.1 cm³/mol. The fourth-order valence-electron chi connectivity index (χ4n) is 1.40. The molecule has 17 heavy (non-hydrogen) atoms. The monoisotopic (exact) mass is 335 g/mol. The van der Waals surface area contributed by atoms with E-state index in [1.54, 1.807) is 6.08 Å². The minimum absolute atomic E-state index is 0. The third kappa shape index (κ3) is 17.9. The van der Waals surface area contributed by atoms with Crippen LogP contribution in [0.5, 0.6) is 0 Å². The molecule has 0 saturated carbocycles. The number of rotatable bonds is 10. The number of allylic oxidation sites excluding steroid dienone is 1. The summed E-state index contributed by atoms with van der Waals surface area (Å²) in [6.07, 6.45) is 9.08. The van der Waals surface area contributed by atoms with Crippen molar-refractivity contribution < 1.29 is 37.2 Å². The van der Waals surface area contributed by atoms with Crippen molar-refractivity contribution in [2.45, 2.75) is 51.4 Å². The average Bonchev–Trinajstić information content (AvgIpc) is 2.20. The van der Waals surface area contributed by atoms with Crippen LogP contribution in [0.1, 0.15) is 51.4 Å². The summed E-state index contributed by atoms with van der Waals surface area (Å²) in [4.78, 5) is 19.6. The third-order valence-electron chi connectivity index (χ3n) is 2.23. The van der Waals surface area contributed by atoms with E-state index in [1.807, 2.05) is 0 Å². The Labute approximate surface area is 117 Å². The number of hydrogen-bond acceptors (Lipinski definition) is 4. The first-order valence-corrected chi connectivity index (χ1v) is 5.63. The van der Waals surface area contributed by atoms with Crippen LogP contribution in [-0.2, 0) is 27.2 Å². The molecule has 0 amide bonds. The summed E-state index contributed by atoms with van der Waals surface area (Å²) in [7, 11) is 0. The van der Waals surface area contributed by atoms with Gasteiger partial charge in [-0.2, -0.15) is 0 Å². The number of hydrogen-bond donors (Lipinski definition) is 0. The zero-order valence-electron chi connectivity index (χ0n) is 9.69. The largest absolute Gasteiger partial charge is 1.00 e. The van der Waals surface area contributed by atoms with Gasteiger partial charge in [0, 0.05) is 5.97 Å². The second-order valence-electron chi connectivity index (χ2n) is 3.70. The van der Waals surface area contributed by atoms with Crippen molar-refractivity contribution in [3.8, 4) is 0 Å². The molecule has 0 aromatic rings. The number of carboxylic acid groups (broad SMARTS) is 1. The molecule has 0 aromatic carbocycles. The minimum atomic E-state index is -0.982. The van der Waals surface area contributed by atoms with E-state index in [0.29, 0.717) is 6.42 Å². The van der Waals surface area contributed by atoms with Gasteiger partial charge in [-0.25, -0.2) is 0 Å². The summed E-state index contributed by atoms with van der Waals surface area (Å²) >= 11 is 0. The van der Waals surface area contributed by atoms with Gasteiger partial charge in [0.1, 0.15) is 0 Å². The number of carbonyl (C=O) groups is 1. The number of aliphatic carboxylic acids is 1. The van der Waals surface area contributed by atoms with Crippen LogP contribution < -0.4 is 5.11 Å². The van der Waals surface area contributed by atoms with E-state index >= 15 is 0 Å².